The lowest BCUT2D eigenvalue weighted by atomic mass is 9.93. The third kappa shape index (κ3) is 3.45. The molecule has 2 unspecified atom stereocenters. The summed E-state index contributed by atoms with van der Waals surface area (Å²) < 4.78 is 30.9. The molecule has 1 saturated carbocycles. The average molecular weight is 310 g/mol. The lowest BCUT2D eigenvalue weighted by Crippen LogP contribution is -2.42. The Morgan fingerprint density at radius 1 is 1.19 bits per heavy atom. The van der Waals surface area contributed by atoms with Crippen molar-refractivity contribution in [1.82, 2.24) is 9.62 Å². The van der Waals surface area contributed by atoms with E-state index in [1.54, 1.807) is 4.31 Å². The fourth-order valence-electron chi connectivity index (χ4n) is 3.19. The first kappa shape index (κ1) is 15.0. The molecule has 1 aromatic carbocycles. The molecule has 3 rings (SSSR count). The van der Waals surface area contributed by atoms with E-state index in [-0.39, 0.29) is 12.1 Å². The molecule has 1 N–H and O–H groups in total. The highest BCUT2D eigenvalue weighted by Gasteiger charge is 2.46. The molecule has 1 saturated heterocycles. The Labute approximate surface area is 126 Å². The molecular weight excluding hydrogens is 288 g/mol. The SMILES string of the molecule is O=S1(=O)OC2CCCCC2N1CCNCc1ccccc1. The van der Waals surface area contributed by atoms with Crippen molar-refractivity contribution in [1.29, 1.82) is 0 Å². The normalized spacial score (nSPS) is 28.4. The summed E-state index contributed by atoms with van der Waals surface area (Å²) in [5, 5.41) is 3.30. The van der Waals surface area contributed by atoms with Gasteiger partial charge in [-0.25, -0.2) is 0 Å². The zero-order valence-corrected chi connectivity index (χ0v) is 12.9. The Balaban J connectivity index is 1.52. The van der Waals surface area contributed by atoms with Gasteiger partial charge in [-0.15, -0.1) is 0 Å². The molecule has 1 aromatic rings. The predicted octanol–water partition coefficient (Wildman–Crippen LogP) is 1.66. The molecule has 0 amide bonds. The van der Waals surface area contributed by atoms with Crippen LogP contribution in [-0.4, -0.2) is 38.0 Å². The Morgan fingerprint density at radius 2 is 1.95 bits per heavy atom. The van der Waals surface area contributed by atoms with E-state index in [4.69, 9.17) is 4.18 Å². The maximum atomic E-state index is 12.1. The van der Waals surface area contributed by atoms with E-state index in [0.29, 0.717) is 13.1 Å². The van der Waals surface area contributed by atoms with Gasteiger partial charge in [0, 0.05) is 19.6 Å². The monoisotopic (exact) mass is 310 g/mol. The molecule has 1 aliphatic carbocycles. The summed E-state index contributed by atoms with van der Waals surface area (Å²) in [5.41, 5.74) is 1.20. The summed E-state index contributed by atoms with van der Waals surface area (Å²) in [5.74, 6) is 0. The van der Waals surface area contributed by atoms with Crippen LogP contribution in [0.2, 0.25) is 0 Å². The van der Waals surface area contributed by atoms with Gasteiger partial charge in [-0.05, 0) is 18.4 Å². The Morgan fingerprint density at radius 3 is 2.76 bits per heavy atom. The van der Waals surface area contributed by atoms with Crippen LogP contribution in [0.4, 0.5) is 0 Å². The molecule has 21 heavy (non-hydrogen) atoms. The second kappa shape index (κ2) is 6.44. The highest BCUT2D eigenvalue weighted by Crippen LogP contribution is 2.34. The van der Waals surface area contributed by atoms with Crippen molar-refractivity contribution in [3.8, 4) is 0 Å². The summed E-state index contributed by atoms with van der Waals surface area (Å²) in [6, 6.07) is 10.1. The van der Waals surface area contributed by atoms with E-state index in [2.05, 4.69) is 17.4 Å². The highest BCUT2D eigenvalue weighted by molar-refractivity contribution is 7.84. The minimum Gasteiger partial charge on any atom is -0.311 e. The number of hydrogen-bond acceptors (Lipinski definition) is 4. The molecular formula is C15H22N2O3S. The lowest BCUT2D eigenvalue weighted by molar-refractivity contribution is 0.146. The summed E-state index contributed by atoms with van der Waals surface area (Å²) in [6.07, 6.45) is 3.81. The van der Waals surface area contributed by atoms with Gasteiger partial charge in [0.05, 0.1) is 12.1 Å². The third-order valence-electron chi connectivity index (χ3n) is 4.25. The molecule has 2 aliphatic rings. The molecule has 6 heteroatoms. The van der Waals surface area contributed by atoms with Gasteiger partial charge in [-0.3, -0.25) is 4.18 Å². The molecule has 1 heterocycles. The van der Waals surface area contributed by atoms with Gasteiger partial charge in [-0.2, -0.15) is 12.7 Å². The van der Waals surface area contributed by atoms with Crippen LogP contribution in [0.3, 0.4) is 0 Å². The van der Waals surface area contributed by atoms with Gasteiger partial charge in [0.25, 0.3) is 0 Å². The average Bonchev–Trinajstić information content (AvgIpc) is 2.75. The van der Waals surface area contributed by atoms with Crippen LogP contribution in [-0.2, 0) is 21.0 Å². The van der Waals surface area contributed by atoms with E-state index >= 15 is 0 Å². The minimum atomic E-state index is -3.52. The van der Waals surface area contributed by atoms with Crippen LogP contribution in [0.1, 0.15) is 31.2 Å². The van der Waals surface area contributed by atoms with Crippen LogP contribution in [0.15, 0.2) is 30.3 Å². The standard InChI is InChI=1S/C15H22N2O3S/c18-21(19)17(14-8-4-5-9-15(14)20-21)11-10-16-12-13-6-2-1-3-7-13/h1-3,6-7,14-16H,4-5,8-12H2. The Kier molecular flexibility index (Phi) is 4.59. The van der Waals surface area contributed by atoms with Gasteiger partial charge in [0.1, 0.15) is 0 Å². The van der Waals surface area contributed by atoms with Gasteiger partial charge in [0.2, 0.25) is 0 Å². The fourth-order valence-corrected chi connectivity index (χ4v) is 4.73. The first-order chi connectivity index (χ1) is 10.2. The van der Waals surface area contributed by atoms with Gasteiger partial charge in [-0.1, -0.05) is 43.2 Å². The first-order valence-corrected chi connectivity index (χ1v) is 8.98. The molecule has 0 bridgehead atoms. The lowest BCUT2D eigenvalue weighted by Gasteiger charge is -2.26. The summed E-state index contributed by atoms with van der Waals surface area (Å²) in [6.45, 7) is 1.88. The number of nitrogens with one attached hydrogen (secondary N) is 1. The van der Waals surface area contributed by atoms with Crippen LogP contribution >= 0.6 is 0 Å². The molecule has 116 valence electrons. The van der Waals surface area contributed by atoms with Crippen molar-refractivity contribution in [3.05, 3.63) is 35.9 Å². The van der Waals surface area contributed by atoms with Crippen LogP contribution in [0.5, 0.6) is 0 Å². The van der Waals surface area contributed by atoms with Crippen LogP contribution < -0.4 is 5.32 Å². The largest absolute Gasteiger partial charge is 0.339 e. The maximum Gasteiger partial charge on any atom is 0.339 e. The van der Waals surface area contributed by atoms with E-state index in [1.165, 1.54) is 5.56 Å². The van der Waals surface area contributed by atoms with Gasteiger partial charge >= 0.3 is 10.3 Å². The van der Waals surface area contributed by atoms with E-state index < -0.39 is 10.3 Å². The topological polar surface area (TPSA) is 58.6 Å². The van der Waals surface area contributed by atoms with Crippen molar-refractivity contribution in [3.63, 3.8) is 0 Å². The van der Waals surface area contributed by atoms with Crippen LogP contribution in [0, 0.1) is 0 Å². The third-order valence-corrected chi connectivity index (χ3v) is 5.77. The van der Waals surface area contributed by atoms with Crippen molar-refractivity contribution >= 4 is 10.3 Å². The smallest absolute Gasteiger partial charge is 0.311 e. The van der Waals surface area contributed by atoms with E-state index in [0.717, 1.165) is 32.2 Å². The second-order valence-corrected chi connectivity index (χ2v) is 7.23. The molecule has 0 radical (unpaired) electrons. The van der Waals surface area contributed by atoms with Crippen molar-refractivity contribution in [2.24, 2.45) is 0 Å². The summed E-state index contributed by atoms with van der Waals surface area (Å²) >= 11 is 0. The zero-order valence-electron chi connectivity index (χ0n) is 12.1. The minimum absolute atomic E-state index is 0.0438. The van der Waals surface area contributed by atoms with Crippen molar-refractivity contribution in [2.75, 3.05) is 13.1 Å². The van der Waals surface area contributed by atoms with E-state index in [9.17, 15) is 8.42 Å². The molecule has 2 atom stereocenters. The highest BCUT2D eigenvalue weighted by atomic mass is 32.2. The molecule has 1 aliphatic heterocycles. The van der Waals surface area contributed by atoms with E-state index in [1.807, 2.05) is 18.2 Å². The maximum absolute atomic E-state index is 12.1. The quantitative estimate of drug-likeness (QED) is 0.841. The zero-order chi connectivity index (χ0) is 14.7. The molecule has 5 nitrogen and oxygen atoms in total. The molecule has 0 aromatic heterocycles. The predicted molar refractivity (Wildman–Crippen MR) is 80.9 cm³/mol. The number of hydrogen-bond donors (Lipinski definition) is 1. The van der Waals surface area contributed by atoms with Crippen molar-refractivity contribution < 1.29 is 12.6 Å². The first-order valence-electron chi connectivity index (χ1n) is 7.61. The van der Waals surface area contributed by atoms with Gasteiger partial charge in [0.15, 0.2) is 0 Å². The number of rotatable bonds is 5. The van der Waals surface area contributed by atoms with Gasteiger partial charge < -0.3 is 5.32 Å². The number of benzene rings is 1. The fraction of sp³-hybridized carbons (Fsp3) is 0.600. The Bertz CT molecular complexity index is 562. The summed E-state index contributed by atoms with van der Waals surface area (Å²) in [4.78, 5) is 0. The van der Waals surface area contributed by atoms with Crippen molar-refractivity contribution in [2.45, 2.75) is 44.4 Å². The molecule has 2 fully saturated rings. The number of nitrogens with zero attached hydrogens (tertiary/aromatic N) is 1. The molecule has 0 spiro atoms. The van der Waals surface area contributed by atoms with Crippen LogP contribution in [0.25, 0.3) is 0 Å². The number of fused-ring (bicyclic) bond motifs is 1. The Hall–Kier alpha value is -0.950. The summed E-state index contributed by atoms with van der Waals surface area (Å²) in [7, 11) is -3.52. The second-order valence-electron chi connectivity index (χ2n) is 5.72.